The summed E-state index contributed by atoms with van der Waals surface area (Å²) in [6, 6.07) is 3.96. The molecule has 1 aliphatic heterocycles. The van der Waals surface area contributed by atoms with Gasteiger partial charge in [-0.05, 0) is 69.7 Å². The van der Waals surface area contributed by atoms with E-state index in [1.807, 2.05) is 4.90 Å². The van der Waals surface area contributed by atoms with Gasteiger partial charge >= 0.3 is 6.18 Å². The van der Waals surface area contributed by atoms with Crippen LogP contribution in [-0.2, 0) is 21.0 Å². The molecule has 0 unspecified atom stereocenters. The van der Waals surface area contributed by atoms with E-state index in [-0.39, 0.29) is 29.2 Å². The van der Waals surface area contributed by atoms with Gasteiger partial charge in [0.2, 0.25) is 15.9 Å². The molecule has 1 aromatic rings. The molecular formula is C22H32F3N3O3S. The maximum absolute atomic E-state index is 12.9. The zero-order chi connectivity index (χ0) is 23.5. The maximum atomic E-state index is 12.9. The summed E-state index contributed by atoms with van der Waals surface area (Å²) in [5.41, 5.74) is -0.884. The number of hydrogen-bond acceptors (Lipinski definition) is 4. The van der Waals surface area contributed by atoms with Crippen LogP contribution in [-0.4, -0.2) is 62.9 Å². The van der Waals surface area contributed by atoms with Crippen LogP contribution in [0.25, 0.3) is 0 Å². The predicted molar refractivity (Wildman–Crippen MR) is 115 cm³/mol. The highest BCUT2D eigenvalue weighted by molar-refractivity contribution is 7.89. The normalized spacial score (nSPS) is 23.5. The molecule has 0 spiro atoms. The summed E-state index contributed by atoms with van der Waals surface area (Å²) in [5, 5.41) is 0. The third kappa shape index (κ3) is 6.23. The number of carbonyl (C=O) groups excluding carboxylic acids is 1. The van der Waals surface area contributed by atoms with Crippen molar-refractivity contribution < 1.29 is 26.4 Å². The van der Waals surface area contributed by atoms with Gasteiger partial charge in [0.05, 0.1) is 10.5 Å². The molecule has 1 amide bonds. The minimum absolute atomic E-state index is 0.0108. The molecule has 32 heavy (non-hydrogen) atoms. The molecule has 2 fully saturated rings. The molecule has 1 aliphatic carbocycles. The molecule has 0 radical (unpaired) electrons. The van der Waals surface area contributed by atoms with Crippen LogP contribution < -0.4 is 4.72 Å². The second kappa shape index (κ2) is 10.1. The van der Waals surface area contributed by atoms with Crippen molar-refractivity contribution in [1.29, 1.82) is 0 Å². The molecule has 1 N–H and O–H groups in total. The average molecular weight is 476 g/mol. The lowest BCUT2D eigenvalue weighted by Gasteiger charge is -2.39. The first kappa shape index (κ1) is 25.0. The number of hydrogen-bond donors (Lipinski definition) is 1. The number of alkyl halides is 3. The van der Waals surface area contributed by atoms with Crippen LogP contribution in [0.2, 0.25) is 0 Å². The van der Waals surface area contributed by atoms with Crippen LogP contribution in [0.4, 0.5) is 13.2 Å². The molecule has 2 aliphatic rings. The lowest BCUT2D eigenvalue weighted by Crippen LogP contribution is -2.52. The lowest BCUT2D eigenvalue weighted by atomic mass is 9.81. The van der Waals surface area contributed by atoms with E-state index in [0.717, 1.165) is 76.1 Å². The first-order valence-corrected chi connectivity index (χ1v) is 12.7. The topological polar surface area (TPSA) is 69.7 Å². The van der Waals surface area contributed by atoms with Crippen LogP contribution in [0, 0.1) is 11.8 Å². The summed E-state index contributed by atoms with van der Waals surface area (Å²) in [6.07, 6.45) is -1.55. The van der Waals surface area contributed by atoms with Gasteiger partial charge in [0.15, 0.2) is 0 Å². The van der Waals surface area contributed by atoms with Crippen LogP contribution in [0.15, 0.2) is 29.2 Å². The fraction of sp³-hybridized carbons (Fsp3) is 0.682. The zero-order valence-corrected chi connectivity index (χ0v) is 19.4. The number of nitrogens with zero attached hydrogens (tertiary/aromatic N) is 2. The van der Waals surface area contributed by atoms with Crippen molar-refractivity contribution in [3.05, 3.63) is 29.8 Å². The number of sulfonamides is 1. The third-order valence-corrected chi connectivity index (χ3v) is 8.05. The van der Waals surface area contributed by atoms with Crippen molar-refractivity contribution in [2.45, 2.75) is 56.6 Å². The summed E-state index contributed by atoms with van der Waals surface area (Å²) in [7, 11) is -3.88. The second-order valence-corrected chi connectivity index (χ2v) is 10.8. The largest absolute Gasteiger partial charge is 0.416 e. The van der Waals surface area contributed by atoms with E-state index in [1.54, 1.807) is 0 Å². The lowest BCUT2D eigenvalue weighted by molar-refractivity contribution is -0.139. The smallest absolute Gasteiger partial charge is 0.340 e. The molecule has 1 saturated carbocycles. The second-order valence-electron chi connectivity index (χ2n) is 9.05. The van der Waals surface area contributed by atoms with Gasteiger partial charge in [-0.3, -0.25) is 9.69 Å². The van der Waals surface area contributed by atoms with Crippen molar-refractivity contribution in [3.8, 4) is 0 Å². The van der Waals surface area contributed by atoms with Crippen LogP contribution in [0.3, 0.4) is 0 Å². The Bertz CT molecular complexity index is 872. The summed E-state index contributed by atoms with van der Waals surface area (Å²) in [6.45, 7) is 7.83. The van der Waals surface area contributed by atoms with Crippen molar-refractivity contribution in [3.63, 3.8) is 0 Å². The Balaban J connectivity index is 1.45. The van der Waals surface area contributed by atoms with E-state index in [0.29, 0.717) is 6.04 Å². The number of halogens is 3. The van der Waals surface area contributed by atoms with Gasteiger partial charge in [-0.2, -0.15) is 13.2 Å². The van der Waals surface area contributed by atoms with Gasteiger partial charge in [0, 0.05) is 44.7 Å². The van der Waals surface area contributed by atoms with E-state index in [9.17, 15) is 26.4 Å². The quantitative estimate of drug-likeness (QED) is 0.685. The third-order valence-electron chi connectivity index (χ3n) is 6.61. The SMILES string of the molecule is CC(C)N1CCN(C(=O)C2CCC(CNS(=O)(=O)c3ccc(C(F)(F)F)cc3)CC2)CC1. The van der Waals surface area contributed by atoms with Gasteiger partial charge in [-0.25, -0.2) is 13.1 Å². The zero-order valence-electron chi connectivity index (χ0n) is 18.6. The molecule has 1 heterocycles. The first-order valence-electron chi connectivity index (χ1n) is 11.2. The van der Waals surface area contributed by atoms with Gasteiger partial charge in [-0.15, -0.1) is 0 Å². The first-order chi connectivity index (χ1) is 15.0. The molecule has 0 atom stereocenters. The minimum atomic E-state index is -4.51. The highest BCUT2D eigenvalue weighted by atomic mass is 32.2. The van der Waals surface area contributed by atoms with E-state index in [2.05, 4.69) is 23.5 Å². The molecule has 0 bridgehead atoms. The van der Waals surface area contributed by atoms with Crippen LogP contribution >= 0.6 is 0 Å². The molecule has 10 heteroatoms. The number of amides is 1. The molecule has 0 aromatic heterocycles. The number of rotatable bonds is 6. The Kier molecular flexibility index (Phi) is 7.88. The van der Waals surface area contributed by atoms with E-state index < -0.39 is 21.8 Å². The van der Waals surface area contributed by atoms with Crippen molar-refractivity contribution >= 4 is 15.9 Å². The summed E-state index contributed by atoms with van der Waals surface area (Å²) in [5.74, 6) is 0.307. The maximum Gasteiger partial charge on any atom is 0.416 e. The van der Waals surface area contributed by atoms with Gasteiger partial charge in [0.25, 0.3) is 0 Å². The van der Waals surface area contributed by atoms with E-state index in [4.69, 9.17) is 0 Å². The molecule has 1 aromatic carbocycles. The number of nitrogens with one attached hydrogen (secondary N) is 1. The molecule has 6 nitrogen and oxygen atoms in total. The van der Waals surface area contributed by atoms with Gasteiger partial charge < -0.3 is 4.90 Å². The van der Waals surface area contributed by atoms with Gasteiger partial charge in [0.1, 0.15) is 0 Å². The molecule has 3 rings (SSSR count). The van der Waals surface area contributed by atoms with E-state index >= 15 is 0 Å². The van der Waals surface area contributed by atoms with Gasteiger partial charge in [-0.1, -0.05) is 0 Å². The van der Waals surface area contributed by atoms with Crippen molar-refractivity contribution in [2.24, 2.45) is 11.8 Å². The fourth-order valence-electron chi connectivity index (χ4n) is 4.46. The Morgan fingerprint density at radius 3 is 2.09 bits per heavy atom. The fourth-order valence-corrected chi connectivity index (χ4v) is 5.58. The Hall–Kier alpha value is -1.65. The highest BCUT2D eigenvalue weighted by Gasteiger charge is 2.33. The standard InChI is InChI=1S/C22H32F3N3O3S/c1-16(2)27-11-13-28(14-12-27)21(29)18-5-3-17(4-6-18)15-26-32(30,31)20-9-7-19(8-10-20)22(23,24)25/h7-10,16-18,26H,3-6,11-15H2,1-2H3. The Morgan fingerprint density at radius 1 is 1.03 bits per heavy atom. The Labute approximate surface area is 188 Å². The minimum Gasteiger partial charge on any atom is -0.340 e. The van der Waals surface area contributed by atoms with Crippen LogP contribution in [0.5, 0.6) is 0 Å². The summed E-state index contributed by atoms with van der Waals surface area (Å²) >= 11 is 0. The van der Waals surface area contributed by atoms with E-state index in [1.165, 1.54) is 0 Å². The van der Waals surface area contributed by atoms with Crippen molar-refractivity contribution in [2.75, 3.05) is 32.7 Å². The van der Waals surface area contributed by atoms with Crippen molar-refractivity contribution in [1.82, 2.24) is 14.5 Å². The summed E-state index contributed by atoms with van der Waals surface area (Å²) < 4.78 is 65.4. The monoisotopic (exact) mass is 475 g/mol. The van der Waals surface area contributed by atoms with Crippen LogP contribution in [0.1, 0.15) is 45.1 Å². The predicted octanol–water partition coefficient (Wildman–Crippen LogP) is 3.34. The number of carbonyl (C=O) groups is 1. The number of benzene rings is 1. The highest BCUT2D eigenvalue weighted by Crippen LogP contribution is 2.31. The Morgan fingerprint density at radius 2 is 1.59 bits per heavy atom. The molecular weight excluding hydrogens is 443 g/mol. The average Bonchev–Trinajstić information content (AvgIpc) is 2.77. The summed E-state index contributed by atoms with van der Waals surface area (Å²) in [4.78, 5) is 17.0. The molecule has 1 saturated heterocycles. The molecule has 180 valence electrons. The number of piperazine rings is 1.